The van der Waals surface area contributed by atoms with E-state index in [1.807, 2.05) is 18.2 Å². The van der Waals surface area contributed by atoms with E-state index in [1.165, 1.54) is 10.1 Å². The number of nitrogen functional groups attached to an aromatic ring is 1. The molecule has 7 heteroatoms. The number of rotatable bonds is 5. The molecule has 0 saturated heterocycles. The average Bonchev–Trinajstić information content (AvgIpc) is 3.06. The number of nitrogens with one attached hydrogen (secondary N) is 1. The van der Waals surface area contributed by atoms with Crippen LogP contribution in [0, 0.1) is 0 Å². The van der Waals surface area contributed by atoms with E-state index in [9.17, 15) is 14.7 Å². The Hall–Kier alpha value is -2.80. The van der Waals surface area contributed by atoms with Crippen LogP contribution in [0.2, 0.25) is 0 Å². The van der Waals surface area contributed by atoms with Crippen LogP contribution in [0.25, 0.3) is 10.9 Å². The Balaban J connectivity index is 2.06. The molecule has 6 nitrogen and oxygen atoms in total. The minimum absolute atomic E-state index is 0.115. The molecule has 3 aromatic rings. The number of carbonyl (C=O) groups is 1. The van der Waals surface area contributed by atoms with Crippen LogP contribution in [0.15, 0.2) is 34.4 Å². The first-order valence-corrected chi connectivity index (χ1v) is 8.77. The zero-order valence-electron chi connectivity index (χ0n) is 14.0. The molecule has 0 aliphatic heterocycles. The molecule has 0 spiro atoms. The van der Waals surface area contributed by atoms with E-state index in [1.54, 1.807) is 12.4 Å². The highest BCUT2D eigenvalue weighted by atomic mass is 32.1. The van der Waals surface area contributed by atoms with Gasteiger partial charge in [-0.05, 0) is 17.5 Å². The van der Waals surface area contributed by atoms with Gasteiger partial charge in [-0.3, -0.25) is 4.79 Å². The second-order valence-electron chi connectivity index (χ2n) is 5.76. The lowest BCUT2D eigenvalue weighted by atomic mass is 10.1. The van der Waals surface area contributed by atoms with Crippen molar-refractivity contribution in [1.29, 1.82) is 0 Å². The Morgan fingerprint density at radius 1 is 1.32 bits per heavy atom. The number of benzene rings is 1. The zero-order chi connectivity index (χ0) is 18.1. The van der Waals surface area contributed by atoms with Crippen molar-refractivity contribution in [3.8, 4) is 0 Å². The lowest BCUT2D eigenvalue weighted by molar-refractivity contribution is 0.0703. The molecule has 25 heavy (non-hydrogen) atoms. The number of nitrogens with two attached hydrogens (primary N) is 1. The summed E-state index contributed by atoms with van der Waals surface area (Å²) < 4.78 is 1.35. The molecule has 0 bridgehead atoms. The molecule has 0 aliphatic carbocycles. The molecule has 0 amide bonds. The minimum Gasteiger partial charge on any atom is -0.477 e. The summed E-state index contributed by atoms with van der Waals surface area (Å²) in [6.45, 7) is 2.56. The predicted molar refractivity (Wildman–Crippen MR) is 102 cm³/mol. The number of fused-ring (bicyclic) bond motifs is 1. The van der Waals surface area contributed by atoms with E-state index in [0.717, 1.165) is 23.3 Å². The van der Waals surface area contributed by atoms with Crippen LogP contribution in [-0.2, 0) is 20.0 Å². The number of carboxylic acids is 1. The molecule has 1 aromatic carbocycles. The second-order valence-corrected chi connectivity index (χ2v) is 6.64. The molecule has 2 aromatic heterocycles. The number of nitrogens with zero attached hydrogens (tertiary/aromatic N) is 1. The number of thiophene rings is 1. The maximum atomic E-state index is 12.7. The van der Waals surface area contributed by atoms with Gasteiger partial charge < -0.3 is 20.7 Å². The number of pyridine rings is 1. The van der Waals surface area contributed by atoms with Crippen LogP contribution >= 0.6 is 11.3 Å². The van der Waals surface area contributed by atoms with E-state index < -0.39 is 5.97 Å². The molecule has 4 N–H and O–H groups in total. The molecular weight excluding hydrogens is 338 g/mol. The van der Waals surface area contributed by atoms with Crippen molar-refractivity contribution < 1.29 is 9.90 Å². The van der Waals surface area contributed by atoms with Gasteiger partial charge in [0.2, 0.25) is 0 Å². The average molecular weight is 357 g/mol. The summed E-state index contributed by atoms with van der Waals surface area (Å²) >= 11 is 1.07. The quantitative estimate of drug-likeness (QED) is 0.652. The summed E-state index contributed by atoms with van der Waals surface area (Å²) in [5.41, 5.74) is 9.10. The Bertz CT molecular complexity index is 1020. The van der Waals surface area contributed by atoms with Gasteiger partial charge in [-0.2, -0.15) is 0 Å². The van der Waals surface area contributed by atoms with Crippen molar-refractivity contribution in [3.63, 3.8) is 0 Å². The monoisotopic (exact) mass is 357 g/mol. The third-order valence-electron chi connectivity index (χ3n) is 4.33. The molecule has 2 heterocycles. The summed E-state index contributed by atoms with van der Waals surface area (Å²) in [7, 11) is 1.56. The Morgan fingerprint density at radius 3 is 2.64 bits per heavy atom. The second kappa shape index (κ2) is 6.60. The van der Waals surface area contributed by atoms with E-state index >= 15 is 0 Å². The molecule has 0 aliphatic rings. The SMILES string of the molecule is CCc1ccccc1CNc1c(N)c2csc(C(=O)O)c2n(C)c1=O. The Kier molecular flexibility index (Phi) is 4.50. The molecular formula is C18H19N3O3S. The molecule has 0 atom stereocenters. The number of hydrogen-bond acceptors (Lipinski definition) is 5. The number of aromatic carboxylic acids is 1. The summed E-state index contributed by atoms with van der Waals surface area (Å²) in [4.78, 5) is 24.2. The standard InChI is InChI=1S/C18H19N3O3S/c1-3-10-6-4-5-7-11(10)8-20-14-13(19)12-9-25-16(18(23)24)15(12)21(2)17(14)22/h4-7,9,20H,3,8,19H2,1-2H3,(H,23,24). The van der Waals surface area contributed by atoms with Crippen LogP contribution in [0.3, 0.4) is 0 Å². The molecule has 0 fully saturated rings. The van der Waals surface area contributed by atoms with Gasteiger partial charge in [-0.1, -0.05) is 31.2 Å². The van der Waals surface area contributed by atoms with Gasteiger partial charge in [0.1, 0.15) is 10.6 Å². The predicted octanol–water partition coefficient (Wildman–Crippen LogP) is 3.05. The Morgan fingerprint density at radius 2 is 2.00 bits per heavy atom. The van der Waals surface area contributed by atoms with Gasteiger partial charge in [0, 0.05) is 24.4 Å². The third kappa shape index (κ3) is 2.87. The van der Waals surface area contributed by atoms with Crippen LogP contribution in [0.5, 0.6) is 0 Å². The Labute approximate surface area is 148 Å². The van der Waals surface area contributed by atoms with Gasteiger partial charge >= 0.3 is 5.97 Å². The minimum atomic E-state index is -1.06. The van der Waals surface area contributed by atoms with E-state index in [2.05, 4.69) is 18.3 Å². The lowest BCUT2D eigenvalue weighted by Crippen LogP contribution is -2.24. The fourth-order valence-electron chi connectivity index (χ4n) is 2.98. The van der Waals surface area contributed by atoms with Crippen molar-refractivity contribution >= 4 is 39.6 Å². The van der Waals surface area contributed by atoms with E-state index in [-0.39, 0.29) is 16.1 Å². The molecule has 0 saturated carbocycles. The topological polar surface area (TPSA) is 97.3 Å². The third-order valence-corrected chi connectivity index (χ3v) is 5.28. The highest BCUT2D eigenvalue weighted by Crippen LogP contribution is 2.32. The van der Waals surface area contributed by atoms with Gasteiger partial charge in [-0.25, -0.2) is 4.79 Å². The fourth-order valence-corrected chi connectivity index (χ4v) is 3.91. The van der Waals surface area contributed by atoms with E-state index in [0.29, 0.717) is 23.1 Å². The van der Waals surface area contributed by atoms with Crippen LogP contribution < -0.4 is 16.6 Å². The maximum Gasteiger partial charge on any atom is 0.348 e. The molecule has 0 unspecified atom stereocenters. The zero-order valence-corrected chi connectivity index (χ0v) is 14.8. The van der Waals surface area contributed by atoms with Gasteiger partial charge in [0.05, 0.1) is 11.2 Å². The molecule has 0 radical (unpaired) electrons. The first-order valence-electron chi connectivity index (χ1n) is 7.89. The largest absolute Gasteiger partial charge is 0.477 e. The smallest absolute Gasteiger partial charge is 0.348 e. The van der Waals surface area contributed by atoms with Crippen molar-refractivity contribution in [2.24, 2.45) is 7.05 Å². The van der Waals surface area contributed by atoms with Crippen LogP contribution in [0.4, 0.5) is 11.4 Å². The summed E-state index contributed by atoms with van der Waals surface area (Å²) in [5, 5.41) is 14.7. The van der Waals surface area contributed by atoms with Gasteiger partial charge in [0.25, 0.3) is 5.56 Å². The van der Waals surface area contributed by atoms with Crippen molar-refractivity contribution in [2.45, 2.75) is 19.9 Å². The number of hydrogen-bond donors (Lipinski definition) is 3. The van der Waals surface area contributed by atoms with E-state index in [4.69, 9.17) is 5.73 Å². The first kappa shape index (κ1) is 17.0. The number of aryl methyl sites for hydroxylation is 2. The van der Waals surface area contributed by atoms with Crippen LogP contribution in [-0.4, -0.2) is 15.6 Å². The summed E-state index contributed by atoms with van der Waals surface area (Å²) in [5.74, 6) is -1.06. The molecule has 3 rings (SSSR count). The van der Waals surface area contributed by atoms with Crippen molar-refractivity contribution in [2.75, 3.05) is 11.1 Å². The highest BCUT2D eigenvalue weighted by Gasteiger charge is 2.20. The highest BCUT2D eigenvalue weighted by molar-refractivity contribution is 7.13. The summed E-state index contributed by atoms with van der Waals surface area (Å²) in [6.07, 6.45) is 0.900. The maximum absolute atomic E-state index is 12.7. The van der Waals surface area contributed by atoms with Gasteiger partial charge in [-0.15, -0.1) is 11.3 Å². The first-order chi connectivity index (χ1) is 12.0. The number of anilines is 2. The lowest BCUT2D eigenvalue weighted by Gasteiger charge is -2.14. The van der Waals surface area contributed by atoms with Crippen molar-refractivity contribution in [3.05, 3.63) is 56.0 Å². The number of aromatic nitrogens is 1. The van der Waals surface area contributed by atoms with Crippen molar-refractivity contribution in [1.82, 2.24) is 4.57 Å². The molecule has 130 valence electrons. The van der Waals surface area contributed by atoms with Crippen LogP contribution in [0.1, 0.15) is 27.7 Å². The normalized spacial score (nSPS) is 11.0. The fraction of sp³-hybridized carbons (Fsp3) is 0.222. The number of carboxylic acid groups (broad SMARTS) is 1. The summed E-state index contributed by atoms with van der Waals surface area (Å²) in [6, 6.07) is 8.01. The van der Waals surface area contributed by atoms with Gasteiger partial charge in [0.15, 0.2) is 0 Å².